The van der Waals surface area contributed by atoms with Gasteiger partial charge in [0.2, 0.25) is 5.91 Å². The fraction of sp³-hybridized carbons (Fsp3) is 0.909. The van der Waals surface area contributed by atoms with Crippen LogP contribution in [0.3, 0.4) is 0 Å². The second kappa shape index (κ2) is 4.30. The molecule has 1 aliphatic carbocycles. The predicted molar refractivity (Wildman–Crippen MR) is 56.0 cm³/mol. The zero-order chi connectivity index (χ0) is 9.97. The summed E-state index contributed by atoms with van der Waals surface area (Å²) in [5.41, 5.74) is 0. The molecule has 1 unspecified atom stereocenters. The second-order valence-electron chi connectivity index (χ2n) is 4.73. The quantitative estimate of drug-likeness (QED) is 0.730. The van der Waals surface area contributed by atoms with Crippen LogP contribution in [0, 0.1) is 5.92 Å². The van der Waals surface area contributed by atoms with Crippen LogP contribution in [0.1, 0.15) is 32.1 Å². The summed E-state index contributed by atoms with van der Waals surface area (Å²) in [6.45, 7) is 2.04. The zero-order valence-corrected chi connectivity index (χ0v) is 8.96. The molecule has 1 heterocycles. The van der Waals surface area contributed by atoms with Gasteiger partial charge in [-0.05, 0) is 32.2 Å². The normalized spacial score (nSPS) is 28.7. The van der Waals surface area contributed by atoms with Crippen molar-refractivity contribution in [1.29, 1.82) is 0 Å². The maximum Gasteiger partial charge on any atom is 0.220 e. The van der Waals surface area contributed by atoms with E-state index in [-0.39, 0.29) is 5.91 Å². The van der Waals surface area contributed by atoms with E-state index in [1.807, 2.05) is 0 Å². The van der Waals surface area contributed by atoms with E-state index < -0.39 is 0 Å². The molecule has 3 heteroatoms. The molecule has 1 N–H and O–H groups in total. The van der Waals surface area contributed by atoms with Gasteiger partial charge in [-0.15, -0.1) is 0 Å². The van der Waals surface area contributed by atoms with E-state index in [0.29, 0.717) is 5.92 Å². The SMILES string of the molecule is CN(CC1CCC(=O)NC1)C1CCC1. The number of rotatable bonds is 3. The first-order valence-electron chi connectivity index (χ1n) is 5.72. The number of nitrogens with zero attached hydrogens (tertiary/aromatic N) is 1. The highest BCUT2D eigenvalue weighted by Gasteiger charge is 2.25. The van der Waals surface area contributed by atoms with E-state index in [4.69, 9.17) is 0 Å². The van der Waals surface area contributed by atoms with Crippen LogP contribution in [0.25, 0.3) is 0 Å². The number of carbonyl (C=O) groups excluding carboxylic acids is 1. The third-order valence-electron chi connectivity index (χ3n) is 3.61. The Morgan fingerprint density at radius 2 is 2.21 bits per heavy atom. The van der Waals surface area contributed by atoms with Gasteiger partial charge in [0.1, 0.15) is 0 Å². The molecule has 2 fully saturated rings. The van der Waals surface area contributed by atoms with Crippen molar-refractivity contribution in [2.24, 2.45) is 5.92 Å². The van der Waals surface area contributed by atoms with Gasteiger partial charge < -0.3 is 10.2 Å². The summed E-state index contributed by atoms with van der Waals surface area (Å²) in [4.78, 5) is 13.4. The third kappa shape index (κ3) is 2.27. The summed E-state index contributed by atoms with van der Waals surface area (Å²) in [5.74, 6) is 0.908. The van der Waals surface area contributed by atoms with Crippen LogP contribution in [0.5, 0.6) is 0 Å². The Morgan fingerprint density at radius 3 is 2.71 bits per heavy atom. The minimum absolute atomic E-state index is 0.229. The number of amides is 1. The maximum absolute atomic E-state index is 11.0. The van der Waals surface area contributed by atoms with Crippen LogP contribution in [0.4, 0.5) is 0 Å². The molecular formula is C11H20N2O. The van der Waals surface area contributed by atoms with Crippen molar-refractivity contribution < 1.29 is 4.79 Å². The van der Waals surface area contributed by atoms with Crippen molar-refractivity contribution in [3.63, 3.8) is 0 Å². The lowest BCUT2D eigenvalue weighted by Crippen LogP contribution is -2.44. The number of hydrogen-bond acceptors (Lipinski definition) is 2. The van der Waals surface area contributed by atoms with E-state index >= 15 is 0 Å². The lowest BCUT2D eigenvalue weighted by atomic mass is 9.90. The summed E-state index contributed by atoms with van der Waals surface area (Å²) < 4.78 is 0. The summed E-state index contributed by atoms with van der Waals surface area (Å²) in [5, 5.41) is 2.95. The molecule has 1 saturated heterocycles. The first kappa shape index (κ1) is 9.97. The topological polar surface area (TPSA) is 32.3 Å². The number of nitrogens with one attached hydrogen (secondary N) is 1. The van der Waals surface area contributed by atoms with Crippen molar-refractivity contribution in [3.05, 3.63) is 0 Å². The molecule has 0 radical (unpaired) electrons. The molecule has 0 aromatic carbocycles. The van der Waals surface area contributed by atoms with Gasteiger partial charge in [-0.3, -0.25) is 4.79 Å². The number of hydrogen-bond donors (Lipinski definition) is 1. The Kier molecular flexibility index (Phi) is 3.06. The molecule has 0 spiro atoms. The van der Waals surface area contributed by atoms with Gasteiger partial charge in [-0.25, -0.2) is 0 Å². The number of carbonyl (C=O) groups is 1. The van der Waals surface area contributed by atoms with Gasteiger partial charge in [-0.2, -0.15) is 0 Å². The summed E-state index contributed by atoms with van der Waals surface area (Å²) in [7, 11) is 2.22. The highest BCUT2D eigenvalue weighted by atomic mass is 16.1. The van der Waals surface area contributed by atoms with E-state index in [2.05, 4.69) is 17.3 Å². The lowest BCUT2D eigenvalue weighted by Gasteiger charge is -2.37. The molecule has 0 aromatic rings. The molecule has 1 atom stereocenters. The Balaban J connectivity index is 1.71. The molecule has 1 amide bonds. The van der Waals surface area contributed by atoms with Crippen LogP contribution in [-0.4, -0.2) is 37.0 Å². The predicted octanol–water partition coefficient (Wildman–Crippen LogP) is 0.997. The highest BCUT2D eigenvalue weighted by molar-refractivity contribution is 5.76. The van der Waals surface area contributed by atoms with E-state index in [9.17, 15) is 4.79 Å². The minimum Gasteiger partial charge on any atom is -0.356 e. The van der Waals surface area contributed by atoms with E-state index in [0.717, 1.165) is 32.0 Å². The average molecular weight is 196 g/mol. The summed E-state index contributed by atoms with van der Waals surface area (Å²) >= 11 is 0. The van der Waals surface area contributed by atoms with Crippen LogP contribution < -0.4 is 5.32 Å². The fourth-order valence-corrected chi connectivity index (χ4v) is 2.32. The van der Waals surface area contributed by atoms with Gasteiger partial charge >= 0.3 is 0 Å². The largest absolute Gasteiger partial charge is 0.356 e. The Bertz CT molecular complexity index is 203. The second-order valence-corrected chi connectivity index (χ2v) is 4.73. The first-order chi connectivity index (χ1) is 6.75. The molecule has 0 bridgehead atoms. The Morgan fingerprint density at radius 1 is 1.43 bits per heavy atom. The molecule has 2 rings (SSSR count). The summed E-state index contributed by atoms with van der Waals surface area (Å²) in [6.07, 6.45) is 5.94. The zero-order valence-electron chi connectivity index (χ0n) is 8.96. The van der Waals surface area contributed by atoms with Crippen LogP contribution >= 0.6 is 0 Å². The highest BCUT2D eigenvalue weighted by Crippen LogP contribution is 2.25. The van der Waals surface area contributed by atoms with Gasteiger partial charge in [0.15, 0.2) is 0 Å². The Labute approximate surface area is 85.8 Å². The van der Waals surface area contributed by atoms with Crippen LogP contribution in [-0.2, 0) is 4.79 Å². The molecule has 14 heavy (non-hydrogen) atoms. The van der Waals surface area contributed by atoms with Crippen molar-refractivity contribution in [1.82, 2.24) is 10.2 Å². The third-order valence-corrected chi connectivity index (χ3v) is 3.61. The first-order valence-corrected chi connectivity index (χ1v) is 5.72. The van der Waals surface area contributed by atoms with E-state index in [1.54, 1.807) is 0 Å². The van der Waals surface area contributed by atoms with Gasteiger partial charge in [0.05, 0.1) is 0 Å². The minimum atomic E-state index is 0.229. The van der Waals surface area contributed by atoms with Crippen molar-refractivity contribution >= 4 is 5.91 Å². The van der Waals surface area contributed by atoms with Gasteiger partial charge in [0, 0.05) is 25.6 Å². The lowest BCUT2D eigenvalue weighted by molar-refractivity contribution is -0.123. The monoisotopic (exact) mass is 196 g/mol. The van der Waals surface area contributed by atoms with Crippen LogP contribution in [0.2, 0.25) is 0 Å². The fourth-order valence-electron chi connectivity index (χ4n) is 2.32. The van der Waals surface area contributed by atoms with Gasteiger partial charge in [-0.1, -0.05) is 6.42 Å². The average Bonchev–Trinajstić information content (AvgIpc) is 2.06. The molecule has 2 aliphatic rings. The standard InChI is InChI=1S/C11H20N2O/c1-13(10-3-2-4-10)8-9-5-6-11(14)12-7-9/h9-10H,2-8H2,1H3,(H,12,14). The molecule has 1 aliphatic heterocycles. The summed E-state index contributed by atoms with van der Waals surface area (Å²) in [6, 6.07) is 0.827. The van der Waals surface area contributed by atoms with Crippen molar-refractivity contribution in [3.8, 4) is 0 Å². The molecule has 1 saturated carbocycles. The van der Waals surface area contributed by atoms with Crippen molar-refractivity contribution in [2.75, 3.05) is 20.1 Å². The molecule has 80 valence electrons. The van der Waals surface area contributed by atoms with Gasteiger partial charge in [0.25, 0.3) is 0 Å². The van der Waals surface area contributed by atoms with Crippen LogP contribution in [0.15, 0.2) is 0 Å². The van der Waals surface area contributed by atoms with E-state index in [1.165, 1.54) is 19.3 Å². The van der Waals surface area contributed by atoms with Crippen molar-refractivity contribution in [2.45, 2.75) is 38.1 Å². The smallest absolute Gasteiger partial charge is 0.220 e. The number of piperidine rings is 1. The Hall–Kier alpha value is -0.570. The molecule has 3 nitrogen and oxygen atoms in total. The molecular weight excluding hydrogens is 176 g/mol. The molecule has 0 aromatic heterocycles. The maximum atomic E-state index is 11.0.